The first-order valence-corrected chi connectivity index (χ1v) is 40.1. The Labute approximate surface area is 532 Å². The van der Waals surface area contributed by atoms with Crippen molar-refractivity contribution in [3.8, 4) is 0 Å². The molecule has 0 spiro atoms. The van der Waals surface area contributed by atoms with Gasteiger partial charge in [-0.05, 0) is 137 Å². The number of hydrogen-bond acceptors (Lipinski definition) is 13. The van der Waals surface area contributed by atoms with Gasteiger partial charge < -0.3 is 82.4 Å². The number of nitrogens with zero attached hydrogens (tertiary/aromatic N) is 3. The molecule has 0 saturated carbocycles. The van der Waals surface area contributed by atoms with Crippen LogP contribution in [-0.4, -0.2) is 221 Å². The smallest absolute Gasteiger partial charge is 0.333 e. The molecule has 496 valence electrons. The molecule has 0 atom stereocenters. The maximum absolute atomic E-state index is 12.5. The molecule has 0 bridgehead atoms. The van der Waals surface area contributed by atoms with Crippen molar-refractivity contribution in [2.75, 3.05) is 133 Å². The molecule has 0 aliphatic rings. The topological polar surface area (TPSA) is 217 Å². The number of hydrogen-bond donors (Lipinski definition) is 4. The zero-order chi connectivity index (χ0) is 60.3. The van der Waals surface area contributed by atoms with E-state index in [1.165, 1.54) is 0 Å². The van der Waals surface area contributed by atoms with Gasteiger partial charge in [-0.2, -0.15) is 0 Å². The second kappa shape index (κ2) is 51.4. The average molecular weight is 1340 g/mol. The number of nitrogens with one attached hydrogen (secondary N) is 4. The van der Waals surface area contributed by atoms with E-state index in [0.29, 0.717) is 84.7 Å². The molecule has 19 nitrogen and oxygen atoms in total. The molecular weight excluding hydrogens is 1220 g/mol. The van der Waals surface area contributed by atoms with Crippen molar-refractivity contribution < 1.29 is 89.8 Å². The van der Waals surface area contributed by atoms with Gasteiger partial charge in [0.25, 0.3) is 11.8 Å². The third-order valence-electron chi connectivity index (χ3n) is 11.3. The fraction of sp³-hybridized carbons (Fsp3) is 0.768. The molecule has 0 radical (unpaired) electrons. The van der Waals surface area contributed by atoms with E-state index in [2.05, 4.69) is 93.4 Å². The standard InChI is InChI=1S/C30H58N4O7Si2.C14H30Cl2N2O3Si2.C8H15NO2.4CH4.2ClH/c1-25(2)29(37)39-19-17-33(5,6)23-27(35)31-15-13-21-42(9,10)41-43(11,12)22-14-16-32-28(36)24-34(7,8)18-20-40-30(38)26(3)4;1-22(2,9-5-7-17-13(19)11-15)21-23(3,4)10-6-8-18-14(20)12-16;1-7(2)8(10)11-6-5-9(3)4;;;;;;/h1,3,13-24H2,2,4-12H3;5-12H2,1-4H3,(H,17,19)(H,18,20);1,5-6H2,2-4H3;4*1H4;2*1H. The van der Waals surface area contributed by atoms with Crippen molar-refractivity contribution in [3.05, 3.63) is 36.5 Å². The van der Waals surface area contributed by atoms with Crippen molar-refractivity contribution in [1.82, 2.24) is 26.2 Å². The van der Waals surface area contributed by atoms with Crippen molar-refractivity contribution in [3.63, 3.8) is 0 Å². The van der Waals surface area contributed by atoms with Gasteiger partial charge in [-0.25, -0.2) is 14.4 Å². The lowest BCUT2D eigenvalue weighted by molar-refractivity contribution is -0.882. The van der Waals surface area contributed by atoms with Crippen LogP contribution in [0.25, 0.3) is 0 Å². The van der Waals surface area contributed by atoms with Crippen LogP contribution in [0.1, 0.15) is 76.2 Å². The monoisotopic (exact) mass is 1340 g/mol. The van der Waals surface area contributed by atoms with Gasteiger partial charge in [0, 0.05) is 49.4 Å². The van der Waals surface area contributed by atoms with Crippen LogP contribution in [0.15, 0.2) is 36.5 Å². The van der Waals surface area contributed by atoms with Crippen LogP contribution in [0.4, 0.5) is 0 Å². The number of halogens is 4. The maximum Gasteiger partial charge on any atom is 0.333 e. The molecule has 0 rings (SSSR count). The zero-order valence-corrected chi connectivity index (χ0v) is 58.5. The van der Waals surface area contributed by atoms with Gasteiger partial charge in [-0.3, -0.25) is 19.2 Å². The number of amides is 4. The molecular formula is C56H121Cl4N7O12Si4. The minimum Gasteiger partial charge on any atom is -1.00 e. The highest BCUT2D eigenvalue weighted by Crippen LogP contribution is 2.25. The first-order valence-electron chi connectivity index (χ1n) is 26.6. The van der Waals surface area contributed by atoms with Crippen molar-refractivity contribution in [2.45, 2.75) is 153 Å². The van der Waals surface area contributed by atoms with Gasteiger partial charge in [-0.1, -0.05) is 49.4 Å². The molecule has 0 fully saturated rings. The summed E-state index contributed by atoms with van der Waals surface area (Å²) < 4.78 is 29.2. The number of quaternary nitrogens is 2. The minimum atomic E-state index is -1.92. The first kappa shape index (κ1) is 99.4. The second-order valence-corrected chi connectivity index (χ2v) is 41.8. The number of alkyl halides is 2. The normalized spacial score (nSPS) is 11.0. The lowest BCUT2D eigenvalue weighted by Gasteiger charge is -2.34. The molecule has 4 amide bonds. The number of carbonyl (C=O) groups is 7. The Bertz CT molecular complexity index is 1780. The third kappa shape index (κ3) is 62.2. The fourth-order valence-electron chi connectivity index (χ4n) is 7.27. The minimum absolute atomic E-state index is 0. The van der Waals surface area contributed by atoms with Gasteiger partial charge in [0.1, 0.15) is 44.7 Å². The summed E-state index contributed by atoms with van der Waals surface area (Å²) in [5.41, 5.74) is 1.17. The molecule has 27 heteroatoms. The molecule has 0 aromatic rings. The van der Waals surface area contributed by atoms with E-state index in [9.17, 15) is 33.6 Å². The van der Waals surface area contributed by atoms with Gasteiger partial charge in [-0.15, -0.1) is 23.2 Å². The summed E-state index contributed by atoms with van der Waals surface area (Å²) in [6, 6.07) is 3.92. The molecule has 0 aliphatic heterocycles. The molecule has 4 N–H and O–H groups in total. The lowest BCUT2D eigenvalue weighted by atomic mass is 10.3. The predicted octanol–water partition coefficient (Wildman–Crippen LogP) is 2.94. The average Bonchev–Trinajstić information content (AvgIpc) is 3.28. The zero-order valence-electron chi connectivity index (χ0n) is 51.4. The molecule has 0 aromatic heterocycles. The van der Waals surface area contributed by atoms with E-state index in [0.717, 1.165) is 56.4 Å². The van der Waals surface area contributed by atoms with E-state index >= 15 is 0 Å². The summed E-state index contributed by atoms with van der Waals surface area (Å²) in [7, 11) is 4.27. The maximum atomic E-state index is 12.5. The Balaban J connectivity index is -0.000000164. The highest BCUT2D eigenvalue weighted by atomic mass is 35.5. The number of ether oxygens (including phenoxy) is 3. The number of esters is 3. The lowest BCUT2D eigenvalue weighted by Crippen LogP contribution is -3.00. The Morgan fingerprint density at radius 2 is 0.675 bits per heavy atom. The summed E-state index contributed by atoms with van der Waals surface area (Å²) in [4.78, 5) is 82.9. The van der Waals surface area contributed by atoms with Gasteiger partial charge >= 0.3 is 17.9 Å². The van der Waals surface area contributed by atoms with E-state index in [-0.39, 0.29) is 109 Å². The molecule has 0 aliphatic carbocycles. The van der Waals surface area contributed by atoms with Gasteiger partial charge in [0.15, 0.2) is 46.4 Å². The molecule has 0 unspecified atom stereocenters. The highest BCUT2D eigenvalue weighted by Gasteiger charge is 2.34. The number of carbonyl (C=O) groups excluding carboxylic acids is 7. The van der Waals surface area contributed by atoms with Crippen LogP contribution < -0.4 is 46.1 Å². The van der Waals surface area contributed by atoms with E-state index < -0.39 is 45.2 Å². The molecule has 0 aromatic carbocycles. The highest BCUT2D eigenvalue weighted by molar-refractivity contribution is 6.85. The summed E-state index contributed by atoms with van der Waals surface area (Å²) in [6.07, 6.45) is 3.54. The number of rotatable bonds is 38. The van der Waals surface area contributed by atoms with Gasteiger partial charge in [0.2, 0.25) is 11.8 Å². The van der Waals surface area contributed by atoms with Crippen molar-refractivity contribution in [2.24, 2.45) is 0 Å². The SMILES string of the molecule is C.C.C.C.C=C(C)C(=O)OCCN(C)C.C=C(C)C(=O)OCC[N+](C)(C)CC(=O)NCCC[Si](C)(C)O[Si](C)(C)CCCNC(=O)C[N+](C)(C)CCOC(=O)C(=C)C.C[Si](C)(CCCNC(=O)CCl)O[Si](C)(C)CCCNC(=O)CCl.[Cl-].[Cl-]. The largest absolute Gasteiger partial charge is 1.00 e. The van der Waals surface area contributed by atoms with Crippen LogP contribution in [0, 0.1) is 0 Å². The van der Waals surface area contributed by atoms with E-state index in [1.807, 2.05) is 47.2 Å². The third-order valence-corrected chi connectivity index (χ3v) is 26.8. The molecule has 0 saturated heterocycles. The molecule has 83 heavy (non-hydrogen) atoms. The number of likely N-dealkylation sites (N-methyl/N-ethyl adjacent to an activating group) is 3. The summed E-state index contributed by atoms with van der Waals surface area (Å²) in [5.74, 6) is -1.42. The second-order valence-electron chi connectivity index (χ2n) is 23.5. The summed E-state index contributed by atoms with van der Waals surface area (Å²) in [6.45, 7) is 39.1. The van der Waals surface area contributed by atoms with Crippen molar-refractivity contribution >= 4 is 98.0 Å². The van der Waals surface area contributed by atoms with Crippen LogP contribution in [0.5, 0.6) is 0 Å². The van der Waals surface area contributed by atoms with Crippen LogP contribution in [0.2, 0.25) is 76.6 Å². The van der Waals surface area contributed by atoms with Gasteiger partial charge in [0.05, 0.1) is 28.2 Å². The fourth-order valence-corrected chi connectivity index (χ4v) is 25.2. The van der Waals surface area contributed by atoms with E-state index in [4.69, 9.17) is 45.6 Å². The van der Waals surface area contributed by atoms with Crippen LogP contribution in [-0.2, 0) is 56.0 Å². The Hall–Kier alpha value is -2.66. The quantitative estimate of drug-likeness (QED) is 0.0133. The van der Waals surface area contributed by atoms with Crippen molar-refractivity contribution in [1.29, 1.82) is 0 Å². The van der Waals surface area contributed by atoms with E-state index in [1.54, 1.807) is 20.8 Å². The molecule has 0 heterocycles. The summed E-state index contributed by atoms with van der Waals surface area (Å²) >= 11 is 10.9. The van der Waals surface area contributed by atoms with Crippen LogP contribution in [0.3, 0.4) is 0 Å². The first-order chi connectivity index (χ1) is 35.2. The predicted molar refractivity (Wildman–Crippen MR) is 350 cm³/mol. The summed E-state index contributed by atoms with van der Waals surface area (Å²) in [5, 5.41) is 11.6. The van der Waals surface area contributed by atoms with Crippen LogP contribution >= 0.6 is 23.2 Å². The Kier molecular flexibility index (Phi) is 61.5. The Morgan fingerprint density at radius 1 is 0.446 bits per heavy atom. The Morgan fingerprint density at radius 3 is 0.892 bits per heavy atom.